The van der Waals surface area contributed by atoms with E-state index < -0.39 is 0 Å². The molecule has 1 N–H and O–H groups in total. The predicted octanol–water partition coefficient (Wildman–Crippen LogP) is 4.98. The van der Waals surface area contributed by atoms with Gasteiger partial charge in [0, 0.05) is 26.8 Å². The second-order valence-corrected chi connectivity index (χ2v) is 8.00. The molecule has 1 fully saturated rings. The van der Waals surface area contributed by atoms with Gasteiger partial charge in [0.05, 0.1) is 0 Å². The van der Waals surface area contributed by atoms with Crippen LogP contribution < -0.4 is 5.32 Å². The highest BCUT2D eigenvalue weighted by Gasteiger charge is 2.23. The minimum Gasteiger partial charge on any atom is -0.310 e. The number of hydrogen-bond acceptors (Lipinski definition) is 2. The number of halogens is 2. The minimum atomic E-state index is 0.705. The fraction of sp³-hybridized carbons (Fsp3) is 0.571. The van der Waals surface area contributed by atoms with E-state index in [4.69, 9.17) is 0 Å². The Morgan fingerprint density at radius 3 is 2.83 bits per heavy atom. The zero-order chi connectivity index (χ0) is 13.0. The molecule has 18 heavy (non-hydrogen) atoms. The van der Waals surface area contributed by atoms with Crippen molar-refractivity contribution < 1.29 is 0 Å². The van der Waals surface area contributed by atoms with Gasteiger partial charge in [0.15, 0.2) is 0 Å². The molecule has 0 spiro atoms. The van der Waals surface area contributed by atoms with Crippen LogP contribution in [-0.2, 0) is 6.54 Å². The highest BCUT2D eigenvalue weighted by atomic mass is 79.9. The van der Waals surface area contributed by atoms with Crippen LogP contribution in [0.25, 0.3) is 0 Å². The molecule has 1 saturated carbocycles. The average molecular weight is 393 g/mol. The van der Waals surface area contributed by atoms with Gasteiger partial charge in [-0.15, -0.1) is 0 Å². The first kappa shape index (κ1) is 14.9. The molecule has 100 valence electrons. The Hall–Kier alpha value is 0.490. The molecule has 1 nitrogen and oxygen atoms in total. The summed E-state index contributed by atoms with van der Waals surface area (Å²) in [4.78, 5) is 0. The van der Waals surface area contributed by atoms with E-state index in [0.29, 0.717) is 6.04 Å². The van der Waals surface area contributed by atoms with Crippen molar-refractivity contribution in [3.05, 3.63) is 32.7 Å². The van der Waals surface area contributed by atoms with Crippen LogP contribution in [0.4, 0.5) is 0 Å². The molecule has 1 aromatic rings. The fourth-order valence-corrected chi connectivity index (χ4v) is 4.24. The molecule has 0 saturated heterocycles. The molecule has 0 radical (unpaired) electrons. The van der Waals surface area contributed by atoms with Gasteiger partial charge in [-0.3, -0.25) is 0 Å². The van der Waals surface area contributed by atoms with Gasteiger partial charge in [0.1, 0.15) is 0 Å². The lowest BCUT2D eigenvalue weighted by atomic mass is 10.2. The third-order valence-electron chi connectivity index (χ3n) is 3.37. The lowest BCUT2D eigenvalue weighted by molar-refractivity contribution is 0.525. The van der Waals surface area contributed by atoms with Crippen LogP contribution in [0.5, 0.6) is 0 Å². The Bertz CT molecular complexity index is 397. The Balaban J connectivity index is 1.80. The molecule has 2 unspecified atom stereocenters. The maximum absolute atomic E-state index is 3.68. The number of hydrogen-bond donors (Lipinski definition) is 1. The largest absolute Gasteiger partial charge is 0.310 e. The highest BCUT2D eigenvalue weighted by Crippen LogP contribution is 2.30. The topological polar surface area (TPSA) is 12.0 Å². The zero-order valence-electron chi connectivity index (χ0n) is 10.6. The molecule has 2 atom stereocenters. The summed E-state index contributed by atoms with van der Waals surface area (Å²) in [6.45, 7) is 3.23. The van der Waals surface area contributed by atoms with Crippen molar-refractivity contribution >= 4 is 43.6 Å². The van der Waals surface area contributed by atoms with Gasteiger partial charge in [-0.25, -0.2) is 0 Å². The van der Waals surface area contributed by atoms with Crippen molar-refractivity contribution in [2.75, 3.05) is 5.75 Å². The van der Waals surface area contributed by atoms with Gasteiger partial charge in [0.2, 0.25) is 0 Å². The second kappa shape index (κ2) is 7.32. The summed E-state index contributed by atoms with van der Waals surface area (Å²) in [6.07, 6.45) is 4.03. The van der Waals surface area contributed by atoms with Gasteiger partial charge in [-0.2, -0.15) is 11.8 Å². The lowest BCUT2D eigenvalue weighted by Crippen LogP contribution is -2.26. The maximum atomic E-state index is 3.68. The molecular formula is C14H19Br2NS. The maximum Gasteiger partial charge on any atom is 0.0320 e. The Morgan fingerprint density at radius 2 is 2.11 bits per heavy atom. The first-order valence-corrected chi connectivity index (χ1v) is 9.11. The number of rotatable bonds is 5. The lowest BCUT2D eigenvalue weighted by Gasteiger charge is -2.13. The van der Waals surface area contributed by atoms with E-state index in [-0.39, 0.29) is 0 Å². The summed E-state index contributed by atoms with van der Waals surface area (Å²) in [5, 5.41) is 4.56. The Morgan fingerprint density at radius 1 is 1.28 bits per heavy atom. The summed E-state index contributed by atoms with van der Waals surface area (Å²) < 4.78 is 2.25. The number of nitrogens with one attached hydrogen (secondary N) is 1. The van der Waals surface area contributed by atoms with Crippen molar-refractivity contribution in [3.8, 4) is 0 Å². The third-order valence-corrected chi connectivity index (χ3v) is 6.48. The van der Waals surface area contributed by atoms with Crippen molar-refractivity contribution in [2.45, 2.75) is 44.0 Å². The standard InChI is InChI=1S/C14H19Br2NS/c1-2-18-12-5-4-11(8-12)17-9-10-3-6-13(15)14(16)7-10/h3,6-7,11-12,17H,2,4-5,8-9H2,1H3. The van der Waals surface area contributed by atoms with Crippen molar-refractivity contribution in [1.82, 2.24) is 5.32 Å². The number of thioether (sulfide) groups is 1. The third kappa shape index (κ3) is 4.26. The predicted molar refractivity (Wildman–Crippen MR) is 88.2 cm³/mol. The van der Waals surface area contributed by atoms with Crippen molar-refractivity contribution in [1.29, 1.82) is 0 Å². The van der Waals surface area contributed by atoms with Gasteiger partial charge >= 0.3 is 0 Å². The Kier molecular flexibility index (Phi) is 6.05. The van der Waals surface area contributed by atoms with E-state index >= 15 is 0 Å². The van der Waals surface area contributed by atoms with Crippen molar-refractivity contribution in [2.24, 2.45) is 0 Å². The van der Waals surface area contributed by atoms with Gasteiger partial charge in [-0.05, 0) is 74.6 Å². The molecule has 0 heterocycles. The van der Waals surface area contributed by atoms with E-state index in [9.17, 15) is 0 Å². The van der Waals surface area contributed by atoms with E-state index in [0.717, 1.165) is 20.7 Å². The number of benzene rings is 1. The van der Waals surface area contributed by atoms with Crippen LogP contribution in [0.1, 0.15) is 31.7 Å². The fourth-order valence-electron chi connectivity index (χ4n) is 2.42. The monoisotopic (exact) mass is 391 g/mol. The molecule has 4 heteroatoms. The zero-order valence-corrected chi connectivity index (χ0v) is 14.6. The molecule has 1 aliphatic rings. The first-order valence-electron chi connectivity index (χ1n) is 6.48. The van der Waals surface area contributed by atoms with Crippen LogP contribution >= 0.6 is 43.6 Å². The van der Waals surface area contributed by atoms with Crippen LogP contribution in [0.2, 0.25) is 0 Å². The first-order chi connectivity index (χ1) is 8.69. The molecule has 0 bridgehead atoms. The van der Waals surface area contributed by atoms with E-state index in [2.05, 4.69) is 74.1 Å². The summed E-state index contributed by atoms with van der Waals surface area (Å²) in [7, 11) is 0. The normalized spacial score (nSPS) is 23.5. The molecule has 1 aromatic carbocycles. The quantitative estimate of drug-likeness (QED) is 0.758. The molecule has 0 amide bonds. The summed E-state index contributed by atoms with van der Waals surface area (Å²) >= 11 is 9.17. The van der Waals surface area contributed by atoms with Gasteiger partial charge in [0.25, 0.3) is 0 Å². The molecule has 1 aliphatic carbocycles. The highest BCUT2D eigenvalue weighted by molar-refractivity contribution is 9.13. The summed E-state index contributed by atoms with van der Waals surface area (Å²) in [6, 6.07) is 7.17. The van der Waals surface area contributed by atoms with Crippen LogP contribution in [0.3, 0.4) is 0 Å². The van der Waals surface area contributed by atoms with Crippen molar-refractivity contribution in [3.63, 3.8) is 0 Å². The van der Waals surface area contributed by atoms with Crippen LogP contribution in [0.15, 0.2) is 27.1 Å². The van der Waals surface area contributed by atoms with Gasteiger partial charge < -0.3 is 5.32 Å². The minimum absolute atomic E-state index is 0.705. The van der Waals surface area contributed by atoms with Crippen LogP contribution in [0, 0.1) is 0 Å². The average Bonchev–Trinajstić information content (AvgIpc) is 2.79. The smallest absolute Gasteiger partial charge is 0.0320 e. The Labute approximate surface area is 131 Å². The summed E-state index contributed by atoms with van der Waals surface area (Å²) in [5.74, 6) is 1.25. The van der Waals surface area contributed by atoms with Gasteiger partial charge in [-0.1, -0.05) is 13.0 Å². The molecule has 2 rings (SSSR count). The molecule has 0 aromatic heterocycles. The molecular weight excluding hydrogens is 374 g/mol. The van der Waals surface area contributed by atoms with E-state index in [1.165, 1.54) is 30.6 Å². The van der Waals surface area contributed by atoms with Crippen LogP contribution in [-0.4, -0.2) is 17.0 Å². The second-order valence-electron chi connectivity index (χ2n) is 4.72. The summed E-state index contributed by atoms with van der Waals surface area (Å²) in [5.41, 5.74) is 1.34. The van der Waals surface area contributed by atoms with E-state index in [1.54, 1.807) is 0 Å². The molecule has 0 aliphatic heterocycles. The SMILES string of the molecule is CCSC1CCC(NCc2ccc(Br)c(Br)c2)C1. The van der Waals surface area contributed by atoms with E-state index in [1.807, 2.05) is 0 Å².